The molecule has 0 aliphatic carbocycles. The molecule has 0 N–H and O–H groups in total. The second-order valence-electron chi connectivity index (χ2n) is 8.17. The highest BCUT2D eigenvalue weighted by atomic mass is 16.5. The lowest BCUT2D eigenvalue weighted by molar-refractivity contribution is 0.277. The van der Waals surface area contributed by atoms with Gasteiger partial charge in [0.2, 0.25) is 0 Å². The van der Waals surface area contributed by atoms with Gasteiger partial charge in [-0.3, -0.25) is 0 Å². The fraction of sp³-hybridized carbons (Fsp3) is 0.357. The highest BCUT2D eigenvalue weighted by Crippen LogP contribution is 2.25. The van der Waals surface area contributed by atoms with E-state index in [1.165, 1.54) is 27.8 Å². The zero-order valence-corrected chi connectivity index (χ0v) is 18.0. The summed E-state index contributed by atoms with van der Waals surface area (Å²) < 4.78 is 12.3. The predicted octanol–water partition coefficient (Wildman–Crippen LogP) is 6.51. The Morgan fingerprint density at radius 1 is 0.500 bits per heavy atom. The Balaban J connectivity index is 1.57. The van der Waals surface area contributed by atoms with Gasteiger partial charge in [0.05, 0.1) is 13.2 Å². The third-order valence-corrected chi connectivity index (χ3v) is 6.13. The second-order valence-corrected chi connectivity index (χ2v) is 8.17. The minimum atomic E-state index is 0.766. The van der Waals surface area contributed by atoms with Crippen molar-refractivity contribution in [3.8, 4) is 11.5 Å². The van der Waals surface area contributed by atoms with Gasteiger partial charge in [0.25, 0.3) is 0 Å². The molecule has 0 aromatic heterocycles. The molecule has 2 heteroatoms. The summed E-state index contributed by atoms with van der Waals surface area (Å²) in [5.41, 5.74) is 6.91. The highest BCUT2D eigenvalue weighted by Gasteiger charge is 2.10. The van der Waals surface area contributed by atoms with Gasteiger partial charge in [-0.05, 0) is 91.8 Å². The Hall–Kier alpha value is -2.74. The molecule has 1 aliphatic rings. The maximum Gasteiger partial charge on any atom is 0.122 e. The molecule has 0 radical (unpaired) electrons. The quantitative estimate of drug-likeness (QED) is 0.428. The molecule has 4 rings (SSSR count). The van der Waals surface area contributed by atoms with Gasteiger partial charge in [0.1, 0.15) is 11.5 Å². The van der Waals surface area contributed by atoms with Gasteiger partial charge in [-0.1, -0.05) is 54.6 Å². The maximum atomic E-state index is 6.13. The molecule has 0 amide bonds. The van der Waals surface area contributed by atoms with Crippen molar-refractivity contribution in [2.75, 3.05) is 13.2 Å². The van der Waals surface area contributed by atoms with E-state index in [1.54, 1.807) is 0 Å². The van der Waals surface area contributed by atoms with E-state index in [2.05, 4.69) is 73.7 Å². The number of rotatable bonds is 0. The van der Waals surface area contributed by atoms with Gasteiger partial charge >= 0.3 is 0 Å². The largest absolute Gasteiger partial charge is 0.493 e. The minimum absolute atomic E-state index is 0.766. The highest BCUT2D eigenvalue weighted by molar-refractivity contribution is 5.39. The number of hydrogen-bond donors (Lipinski definition) is 0. The van der Waals surface area contributed by atoms with Crippen LogP contribution < -0.4 is 9.47 Å². The normalized spacial score (nSPS) is 15.5. The van der Waals surface area contributed by atoms with Crippen LogP contribution in [-0.2, 0) is 25.7 Å². The molecule has 1 heterocycles. The van der Waals surface area contributed by atoms with E-state index in [9.17, 15) is 0 Å². The molecule has 3 aromatic carbocycles. The molecule has 1 aliphatic heterocycles. The van der Waals surface area contributed by atoms with Crippen molar-refractivity contribution >= 4 is 0 Å². The van der Waals surface area contributed by atoms with Crippen molar-refractivity contribution in [3.63, 3.8) is 0 Å². The summed E-state index contributed by atoms with van der Waals surface area (Å²) in [5.74, 6) is 2.08. The van der Waals surface area contributed by atoms with E-state index in [-0.39, 0.29) is 0 Å². The molecule has 0 atom stereocenters. The molecule has 0 fully saturated rings. The number of benzene rings is 3. The van der Waals surface area contributed by atoms with Crippen LogP contribution in [0.5, 0.6) is 11.5 Å². The van der Waals surface area contributed by atoms with Crippen LogP contribution in [0.25, 0.3) is 0 Å². The van der Waals surface area contributed by atoms with E-state index < -0.39 is 0 Å². The molecule has 0 unspecified atom stereocenters. The van der Waals surface area contributed by atoms with Crippen molar-refractivity contribution in [1.82, 2.24) is 0 Å². The summed E-state index contributed by atoms with van der Waals surface area (Å²) in [7, 11) is 0. The smallest absolute Gasteiger partial charge is 0.122 e. The van der Waals surface area contributed by atoms with Crippen molar-refractivity contribution in [2.45, 2.75) is 51.9 Å². The molecular formula is C28H32O2. The predicted molar refractivity (Wildman–Crippen MR) is 124 cm³/mol. The Bertz CT molecular complexity index is 887. The van der Waals surface area contributed by atoms with Crippen LogP contribution in [0.4, 0.5) is 0 Å². The molecule has 0 spiro atoms. The fourth-order valence-electron chi connectivity index (χ4n) is 4.26. The third-order valence-electron chi connectivity index (χ3n) is 6.13. The zero-order chi connectivity index (χ0) is 20.6. The van der Waals surface area contributed by atoms with Crippen molar-refractivity contribution in [1.29, 1.82) is 0 Å². The monoisotopic (exact) mass is 400 g/mol. The summed E-state index contributed by atoms with van der Waals surface area (Å²) >= 11 is 0. The molecule has 2 bridgehead atoms. The zero-order valence-electron chi connectivity index (χ0n) is 18.0. The van der Waals surface area contributed by atoms with Gasteiger partial charge in [-0.15, -0.1) is 0 Å². The molecule has 0 saturated heterocycles. The second kappa shape index (κ2) is 10.3. The van der Waals surface area contributed by atoms with Gasteiger partial charge in [-0.25, -0.2) is 0 Å². The van der Waals surface area contributed by atoms with Crippen LogP contribution in [0.15, 0.2) is 66.7 Å². The van der Waals surface area contributed by atoms with E-state index in [0.29, 0.717) is 0 Å². The van der Waals surface area contributed by atoms with Gasteiger partial charge < -0.3 is 9.47 Å². The van der Waals surface area contributed by atoms with Gasteiger partial charge in [-0.2, -0.15) is 0 Å². The van der Waals surface area contributed by atoms with Crippen LogP contribution in [0.3, 0.4) is 0 Å². The number of fused-ring (bicyclic) bond motifs is 4. The number of para-hydroxylation sites is 2. The Morgan fingerprint density at radius 3 is 1.47 bits per heavy atom. The van der Waals surface area contributed by atoms with E-state index in [0.717, 1.165) is 69.7 Å². The lowest BCUT2D eigenvalue weighted by Gasteiger charge is -2.16. The third kappa shape index (κ3) is 5.24. The SMILES string of the molecule is Cc1c2cccc1CCc1ccccc1OCCCCCOc1ccccc1CC2. The fourth-order valence-corrected chi connectivity index (χ4v) is 4.26. The summed E-state index contributed by atoms with van der Waals surface area (Å²) in [6, 6.07) is 23.8. The summed E-state index contributed by atoms with van der Waals surface area (Å²) in [4.78, 5) is 0. The van der Waals surface area contributed by atoms with E-state index in [1.807, 2.05) is 0 Å². The van der Waals surface area contributed by atoms with Crippen LogP contribution >= 0.6 is 0 Å². The average molecular weight is 401 g/mol. The van der Waals surface area contributed by atoms with Crippen molar-refractivity contribution < 1.29 is 9.47 Å². The average Bonchev–Trinajstić information content (AvgIpc) is 2.78. The minimum Gasteiger partial charge on any atom is -0.493 e. The standard InChI is InChI=1S/C28H32O2/c1-22-23-12-9-13-24(22)17-19-26-11-4-6-15-28(26)30-21-8-2-7-20-29-27-14-5-3-10-25(27)18-16-23/h3-6,9-15H,2,7-8,16-21H2,1H3. The van der Waals surface area contributed by atoms with Crippen molar-refractivity contribution in [3.05, 3.63) is 94.5 Å². The summed E-state index contributed by atoms with van der Waals surface area (Å²) in [6.07, 6.45) is 7.34. The number of ether oxygens (including phenoxy) is 2. The van der Waals surface area contributed by atoms with Crippen LogP contribution in [0.2, 0.25) is 0 Å². The summed E-state index contributed by atoms with van der Waals surface area (Å²) in [5, 5.41) is 0. The lowest BCUT2D eigenvalue weighted by atomic mass is 9.93. The molecular weight excluding hydrogens is 368 g/mol. The van der Waals surface area contributed by atoms with Gasteiger partial charge in [0.15, 0.2) is 0 Å². The molecule has 2 nitrogen and oxygen atoms in total. The lowest BCUT2D eigenvalue weighted by Crippen LogP contribution is -2.06. The van der Waals surface area contributed by atoms with Gasteiger partial charge in [0, 0.05) is 0 Å². The first-order valence-corrected chi connectivity index (χ1v) is 11.3. The molecule has 156 valence electrons. The Kier molecular flexibility index (Phi) is 7.07. The summed E-state index contributed by atoms with van der Waals surface area (Å²) in [6.45, 7) is 3.80. The first-order chi connectivity index (χ1) is 14.8. The van der Waals surface area contributed by atoms with Crippen LogP contribution in [-0.4, -0.2) is 13.2 Å². The van der Waals surface area contributed by atoms with E-state index >= 15 is 0 Å². The number of aryl methyl sites for hydroxylation is 4. The topological polar surface area (TPSA) is 18.5 Å². The molecule has 0 saturated carbocycles. The first kappa shape index (κ1) is 20.5. The molecule has 30 heavy (non-hydrogen) atoms. The van der Waals surface area contributed by atoms with E-state index in [4.69, 9.17) is 9.47 Å². The van der Waals surface area contributed by atoms with Crippen molar-refractivity contribution in [2.24, 2.45) is 0 Å². The Labute approximate surface area is 180 Å². The maximum absolute atomic E-state index is 6.13. The first-order valence-electron chi connectivity index (χ1n) is 11.3. The van der Waals surface area contributed by atoms with Crippen LogP contribution in [0, 0.1) is 6.92 Å². The number of hydrogen-bond acceptors (Lipinski definition) is 2. The molecule has 3 aromatic rings. The Morgan fingerprint density at radius 2 is 0.933 bits per heavy atom. The van der Waals surface area contributed by atoms with Crippen LogP contribution in [0.1, 0.15) is 47.1 Å².